The number of hydrogen-bond acceptors (Lipinski definition) is 7. The summed E-state index contributed by atoms with van der Waals surface area (Å²) in [6.45, 7) is 0.952. The topological polar surface area (TPSA) is 123 Å². The van der Waals surface area contributed by atoms with Crippen LogP contribution in [-0.2, 0) is 10.0 Å². The first-order valence-electron chi connectivity index (χ1n) is 10.2. The minimum Gasteiger partial charge on any atom is -0.398 e. The number of pyridine rings is 1. The fourth-order valence-electron chi connectivity index (χ4n) is 4.42. The van der Waals surface area contributed by atoms with Crippen LogP contribution in [-0.4, -0.2) is 52.6 Å². The molecule has 1 saturated carbocycles. The third kappa shape index (κ3) is 4.23. The molecule has 0 bridgehead atoms. The zero-order valence-corrected chi connectivity index (χ0v) is 17.5. The van der Waals surface area contributed by atoms with Gasteiger partial charge in [-0.05, 0) is 25.7 Å². The van der Waals surface area contributed by atoms with Crippen molar-refractivity contribution in [1.29, 1.82) is 0 Å². The van der Waals surface area contributed by atoms with Gasteiger partial charge >= 0.3 is 0 Å². The van der Waals surface area contributed by atoms with Crippen molar-refractivity contribution in [2.24, 2.45) is 0 Å². The van der Waals surface area contributed by atoms with Crippen molar-refractivity contribution in [3.05, 3.63) is 22.6 Å². The van der Waals surface area contributed by atoms with Crippen LogP contribution in [0.3, 0.4) is 0 Å². The average molecular weight is 421 g/mol. The summed E-state index contributed by atoms with van der Waals surface area (Å²) in [5.41, 5.74) is 6.92. The number of hydrogen-bond donors (Lipinski definition) is 2. The number of nitrogen functional groups attached to an aromatic ring is 1. The van der Waals surface area contributed by atoms with E-state index in [1.807, 2.05) is 0 Å². The fourth-order valence-corrected chi connectivity index (χ4v) is 5.29. The number of anilines is 2. The molecule has 3 N–H and O–H groups in total. The van der Waals surface area contributed by atoms with Gasteiger partial charge in [-0.15, -0.1) is 0 Å². The van der Waals surface area contributed by atoms with Crippen molar-refractivity contribution in [1.82, 2.24) is 18.8 Å². The summed E-state index contributed by atoms with van der Waals surface area (Å²) >= 11 is 0. The lowest BCUT2D eigenvalue weighted by Crippen LogP contribution is -2.42. The van der Waals surface area contributed by atoms with Gasteiger partial charge < -0.3 is 11.1 Å². The smallest absolute Gasteiger partial charge is 0.254 e. The molecule has 2 aromatic rings. The number of nitrogens with zero attached hydrogens (tertiary/aromatic N) is 4. The van der Waals surface area contributed by atoms with E-state index in [1.165, 1.54) is 23.0 Å². The molecule has 1 aliphatic heterocycles. The lowest BCUT2D eigenvalue weighted by atomic mass is 9.95. The zero-order valence-electron chi connectivity index (χ0n) is 16.7. The Morgan fingerprint density at radius 2 is 1.83 bits per heavy atom. The van der Waals surface area contributed by atoms with E-state index in [4.69, 9.17) is 5.73 Å². The lowest BCUT2D eigenvalue weighted by Gasteiger charge is -2.30. The van der Waals surface area contributed by atoms with Crippen molar-refractivity contribution in [2.75, 3.05) is 30.4 Å². The van der Waals surface area contributed by atoms with E-state index in [-0.39, 0.29) is 17.6 Å². The van der Waals surface area contributed by atoms with Gasteiger partial charge in [-0.1, -0.05) is 19.3 Å². The summed E-state index contributed by atoms with van der Waals surface area (Å²) in [5.74, 6) is 0.449. The second-order valence-corrected chi connectivity index (χ2v) is 10.1. The number of fused-ring (bicyclic) bond motifs is 1. The molecule has 2 aromatic heterocycles. The van der Waals surface area contributed by atoms with Gasteiger partial charge in [0.2, 0.25) is 16.0 Å². The summed E-state index contributed by atoms with van der Waals surface area (Å²) < 4.78 is 26.6. The Labute approximate surface area is 170 Å². The second kappa shape index (κ2) is 7.91. The van der Waals surface area contributed by atoms with Crippen molar-refractivity contribution in [3.8, 4) is 0 Å². The van der Waals surface area contributed by atoms with E-state index < -0.39 is 10.0 Å². The highest BCUT2D eigenvalue weighted by Gasteiger charge is 2.26. The summed E-state index contributed by atoms with van der Waals surface area (Å²) in [7, 11) is -3.16. The first-order valence-corrected chi connectivity index (χ1v) is 12.1. The molecule has 4 rings (SSSR count). The molecular weight excluding hydrogens is 392 g/mol. The molecule has 3 heterocycles. The predicted octanol–water partition coefficient (Wildman–Crippen LogP) is 1.71. The van der Waals surface area contributed by atoms with Gasteiger partial charge in [0.25, 0.3) is 5.56 Å². The third-order valence-corrected chi connectivity index (χ3v) is 7.32. The molecule has 0 unspecified atom stereocenters. The van der Waals surface area contributed by atoms with E-state index in [0.717, 1.165) is 25.7 Å². The maximum atomic E-state index is 12.7. The number of rotatable bonds is 4. The largest absolute Gasteiger partial charge is 0.398 e. The van der Waals surface area contributed by atoms with Crippen LogP contribution in [0, 0.1) is 0 Å². The van der Waals surface area contributed by atoms with Gasteiger partial charge in [0.1, 0.15) is 0 Å². The van der Waals surface area contributed by atoms with Crippen LogP contribution < -0.4 is 16.6 Å². The van der Waals surface area contributed by atoms with E-state index in [9.17, 15) is 13.2 Å². The normalized spacial score (nSPS) is 20.2. The number of sulfonamides is 1. The molecule has 9 nitrogen and oxygen atoms in total. The number of nitrogens with two attached hydrogens (primary N) is 1. The zero-order chi connectivity index (χ0) is 20.6. The molecule has 0 radical (unpaired) electrons. The third-order valence-electron chi connectivity index (χ3n) is 6.02. The Hall–Kier alpha value is -2.20. The molecule has 1 aliphatic carbocycles. The first kappa shape index (κ1) is 20.1. The van der Waals surface area contributed by atoms with Gasteiger partial charge in [0.15, 0.2) is 5.65 Å². The maximum Gasteiger partial charge on any atom is 0.254 e. The average Bonchev–Trinajstić information content (AvgIpc) is 2.68. The molecule has 29 heavy (non-hydrogen) atoms. The van der Waals surface area contributed by atoms with E-state index in [1.54, 1.807) is 10.8 Å². The van der Waals surface area contributed by atoms with Crippen LogP contribution >= 0.6 is 0 Å². The molecule has 1 saturated heterocycles. The molecule has 0 aromatic carbocycles. The van der Waals surface area contributed by atoms with Gasteiger partial charge in [-0.25, -0.2) is 17.7 Å². The van der Waals surface area contributed by atoms with E-state index in [2.05, 4.69) is 15.3 Å². The highest BCUT2D eigenvalue weighted by atomic mass is 32.2. The van der Waals surface area contributed by atoms with Crippen molar-refractivity contribution < 1.29 is 8.42 Å². The van der Waals surface area contributed by atoms with Crippen LogP contribution in [0.25, 0.3) is 11.0 Å². The molecule has 2 fully saturated rings. The molecule has 10 heteroatoms. The fraction of sp³-hybridized carbons (Fsp3) is 0.632. The Morgan fingerprint density at radius 1 is 1.14 bits per heavy atom. The van der Waals surface area contributed by atoms with Gasteiger partial charge in [0.05, 0.1) is 11.6 Å². The molecule has 158 valence electrons. The Bertz CT molecular complexity index is 1050. The number of piperidine rings is 1. The molecule has 0 atom stereocenters. The number of aromatic nitrogens is 3. The maximum absolute atomic E-state index is 12.7. The molecule has 0 amide bonds. The van der Waals surface area contributed by atoms with E-state index >= 15 is 0 Å². The minimum absolute atomic E-state index is 0.0846. The Morgan fingerprint density at radius 3 is 2.48 bits per heavy atom. The first-order chi connectivity index (χ1) is 13.8. The number of nitrogens with one attached hydrogen (secondary N) is 1. The Kier molecular flexibility index (Phi) is 5.48. The molecular formula is C19H28N6O3S. The quantitative estimate of drug-likeness (QED) is 0.772. The SMILES string of the molecule is CS(=O)(=O)N1CCC(Nc2ncc3c(N)cc(=O)n(C4CCCCC4)c3n2)CC1. The molecule has 0 spiro atoms. The van der Waals surface area contributed by atoms with Crippen LogP contribution in [0.5, 0.6) is 0 Å². The van der Waals surface area contributed by atoms with Crippen LogP contribution in [0.15, 0.2) is 17.1 Å². The summed E-state index contributed by atoms with van der Waals surface area (Å²) in [6, 6.07) is 1.69. The summed E-state index contributed by atoms with van der Waals surface area (Å²) in [5, 5.41) is 4.00. The van der Waals surface area contributed by atoms with Crippen LogP contribution in [0.2, 0.25) is 0 Å². The van der Waals surface area contributed by atoms with Gasteiger partial charge in [-0.3, -0.25) is 9.36 Å². The standard InChI is InChI=1S/C19H28N6O3S/c1-29(27,28)24-9-7-13(8-10-24)22-19-21-12-15-16(20)11-17(26)25(18(15)23-19)14-5-3-2-4-6-14/h11-14H,2-10,20H2,1H3,(H,21,22,23). The molecule has 2 aliphatic rings. The lowest BCUT2D eigenvalue weighted by molar-refractivity contribution is 0.331. The van der Waals surface area contributed by atoms with Crippen molar-refractivity contribution in [2.45, 2.75) is 57.0 Å². The highest BCUT2D eigenvalue weighted by Crippen LogP contribution is 2.30. The second-order valence-electron chi connectivity index (χ2n) is 8.11. The summed E-state index contributed by atoms with van der Waals surface area (Å²) in [4.78, 5) is 21.8. The monoisotopic (exact) mass is 420 g/mol. The van der Waals surface area contributed by atoms with Gasteiger partial charge in [-0.2, -0.15) is 4.98 Å². The van der Waals surface area contributed by atoms with Crippen molar-refractivity contribution >= 4 is 32.7 Å². The van der Waals surface area contributed by atoms with Gasteiger partial charge in [0, 0.05) is 43.1 Å². The van der Waals surface area contributed by atoms with E-state index in [0.29, 0.717) is 48.6 Å². The Balaban J connectivity index is 1.61. The van der Waals surface area contributed by atoms with Crippen LogP contribution in [0.1, 0.15) is 51.0 Å². The predicted molar refractivity (Wildman–Crippen MR) is 113 cm³/mol. The minimum atomic E-state index is -3.16. The highest BCUT2D eigenvalue weighted by molar-refractivity contribution is 7.88. The summed E-state index contributed by atoms with van der Waals surface area (Å²) in [6.07, 6.45) is 9.63. The van der Waals surface area contributed by atoms with Crippen molar-refractivity contribution in [3.63, 3.8) is 0 Å². The van der Waals surface area contributed by atoms with Crippen LogP contribution in [0.4, 0.5) is 11.6 Å².